The first-order valence-electron chi connectivity index (χ1n) is 6.15. The second kappa shape index (κ2) is 5.36. The minimum absolute atomic E-state index is 0.147. The maximum Gasteiger partial charge on any atom is 0.127 e. The highest BCUT2D eigenvalue weighted by Gasteiger charge is 2.06. The lowest BCUT2D eigenvalue weighted by Gasteiger charge is -2.06. The van der Waals surface area contributed by atoms with Crippen molar-refractivity contribution in [2.75, 3.05) is 0 Å². The molecule has 0 saturated heterocycles. The average molecular weight is 246 g/mol. The summed E-state index contributed by atoms with van der Waals surface area (Å²) in [5, 5.41) is 3.29. The Morgan fingerprint density at radius 1 is 1.11 bits per heavy atom. The summed E-state index contributed by atoms with van der Waals surface area (Å²) in [4.78, 5) is 0. The molecule has 2 rings (SSSR count). The van der Waals surface area contributed by atoms with Crippen LogP contribution < -0.4 is 5.32 Å². The summed E-state index contributed by atoms with van der Waals surface area (Å²) in [6.07, 6.45) is 0. The molecule has 0 aliphatic heterocycles. The van der Waals surface area contributed by atoms with Gasteiger partial charge in [-0.05, 0) is 31.5 Å². The van der Waals surface area contributed by atoms with Gasteiger partial charge in [0.2, 0.25) is 0 Å². The monoisotopic (exact) mass is 246 g/mol. The Kier molecular flexibility index (Phi) is 3.82. The molecule has 0 bridgehead atoms. The largest absolute Gasteiger partial charge is 0.352 e. The number of aryl methyl sites for hydroxylation is 1. The van der Waals surface area contributed by atoms with Crippen molar-refractivity contribution in [3.8, 4) is 0 Å². The fourth-order valence-electron chi connectivity index (χ4n) is 2.09. The molecular weight excluding hydrogens is 227 g/mol. The van der Waals surface area contributed by atoms with Gasteiger partial charge in [-0.25, -0.2) is 4.39 Å². The molecule has 0 unspecified atom stereocenters. The summed E-state index contributed by atoms with van der Waals surface area (Å²) in [7, 11) is 2.06. The van der Waals surface area contributed by atoms with E-state index in [1.54, 1.807) is 6.07 Å². The molecule has 0 fully saturated rings. The van der Waals surface area contributed by atoms with Crippen LogP contribution in [0.3, 0.4) is 0 Å². The van der Waals surface area contributed by atoms with Gasteiger partial charge in [0.25, 0.3) is 0 Å². The molecule has 1 aromatic heterocycles. The molecule has 1 heterocycles. The zero-order valence-electron chi connectivity index (χ0n) is 11.1. The van der Waals surface area contributed by atoms with Crippen molar-refractivity contribution < 1.29 is 4.39 Å². The number of nitrogens with one attached hydrogen (secondary N) is 1. The Balaban J connectivity index is 1.97. The van der Waals surface area contributed by atoms with E-state index in [0.717, 1.165) is 6.54 Å². The van der Waals surface area contributed by atoms with E-state index in [0.29, 0.717) is 12.1 Å². The summed E-state index contributed by atoms with van der Waals surface area (Å²) < 4.78 is 15.6. The summed E-state index contributed by atoms with van der Waals surface area (Å²) in [6.45, 7) is 5.52. The molecule has 18 heavy (non-hydrogen) atoms. The smallest absolute Gasteiger partial charge is 0.127 e. The lowest BCUT2D eigenvalue weighted by Crippen LogP contribution is -2.14. The summed E-state index contributed by atoms with van der Waals surface area (Å²) in [5.41, 5.74) is 4.48. The van der Waals surface area contributed by atoms with Crippen molar-refractivity contribution in [2.45, 2.75) is 26.9 Å². The van der Waals surface area contributed by atoms with Crippen molar-refractivity contribution in [2.24, 2.45) is 7.05 Å². The van der Waals surface area contributed by atoms with Crippen LogP contribution in [0.5, 0.6) is 0 Å². The average Bonchev–Trinajstić information content (AvgIpc) is 2.60. The molecule has 0 aliphatic carbocycles. The molecule has 0 atom stereocenters. The number of aromatic nitrogens is 1. The van der Waals surface area contributed by atoms with Crippen LogP contribution in [0.4, 0.5) is 4.39 Å². The van der Waals surface area contributed by atoms with Crippen molar-refractivity contribution in [1.29, 1.82) is 0 Å². The molecule has 0 aliphatic rings. The predicted octanol–water partition coefficient (Wildman–Crippen LogP) is 3.07. The van der Waals surface area contributed by atoms with Gasteiger partial charge in [0.15, 0.2) is 0 Å². The van der Waals surface area contributed by atoms with Gasteiger partial charge in [-0.1, -0.05) is 18.2 Å². The Labute approximate surface area is 107 Å². The van der Waals surface area contributed by atoms with Crippen LogP contribution in [0, 0.1) is 19.7 Å². The summed E-state index contributed by atoms with van der Waals surface area (Å²) in [6, 6.07) is 9.05. The maximum atomic E-state index is 13.4. The van der Waals surface area contributed by atoms with Crippen LogP contribution in [0.1, 0.15) is 22.5 Å². The minimum atomic E-state index is -0.147. The topological polar surface area (TPSA) is 17.0 Å². The van der Waals surface area contributed by atoms with E-state index in [1.807, 2.05) is 12.1 Å². The molecule has 0 amide bonds. The Bertz CT molecular complexity index is 543. The third-order valence-electron chi connectivity index (χ3n) is 3.47. The third-order valence-corrected chi connectivity index (χ3v) is 3.47. The van der Waals surface area contributed by atoms with E-state index in [1.165, 1.54) is 23.0 Å². The molecule has 2 nitrogen and oxygen atoms in total. The number of hydrogen-bond acceptors (Lipinski definition) is 1. The van der Waals surface area contributed by atoms with E-state index >= 15 is 0 Å². The first-order valence-corrected chi connectivity index (χ1v) is 6.15. The van der Waals surface area contributed by atoms with Crippen LogP contribution >= 0.6 is 0 Å². The Morgan fingerprint density at radius 2 is 1.78 bits per heavy atom. The van der Waals surface area contributed by atoms with E-state index < -0.39 is 0 Å². The number of benzene rings is 1. The van der Waals surface area contributed by atoms with Gasteiger partial charge in [0.05, 0.1) is 0 Å². The number of halogens is 1. The molecule has 1 N–H and O–H groups in total. The van der Waals surface area contributed by atoms with Crippen LogP contribution in [-0.4, -0.2) is 4.57 Å². The van der Waals surface area contributed by atoms with Gasteiger partial charge < -0.3 is 9.88 Å². The summed E-state index contributed by atoms with van der Waals surface area (Å²) in [5.74, 6) is -0.147. The van der Waals surface area contributed by atoms with Crippen molar-refractivity contribution >= 4 is 0 Å². The van der Waals surface area contributed by atoms with Gasteiger partial charge in [-0.2, -0.15) is 0 Å². The molecule has 3 heteroatoms. The highest BCUT2D eigenvalue weighted by atomic mass is 19.1. The van der Waals surface area contributed by atoms with Crippen molar-refractivity contribution in [3.63, 3.8) is 0 Å². The van der Waals surface area contributed by atoms with Gasteiger partial charge in [-0.15, -0.1) is 0 Å². The SMILES string of the molecule is Cc1cc(CNCc2ccccc2F)c(C)n1C. The number of rotatable bonds is 4. The molecular formula is C15H19FN2. The maximum absolute atomic E-state index is 13.4. The molecule has 0 saturated carbocycles. The molecule has 96 valence electrons. The first kappa shape index (κ1) is 12.8. The zero-order valence-corrected chi connectivity index (χ0v) is 11.1. The molecule has 0 radical (unpaired) electrons. The lowest BCUT2D eigenvalue weighted by molar-refractivity contribution is 0.587. The highest BCUT2D eigenvalue weighted by Crippen LogP contribution is 2.13. The zero-order chi connectivity index (χ0) is 13.1. The van der Waals surface area contributed by atoms with Crippen LogP contribution in [-0.2, 0) is 20.1 Å². The fraction of sp³-hybridized carbons (Fsp3) is 0.333. The first-order chi connectivity index (χ1) is 8.59. The second-order valence-corrected chi connectivity index (χ2v) is 4.65. The van der Waals surface area contributed by atoms with E-state index in [-0.39, 0.29) is 5.82 Å². The van der Waals surface area contributed by atoms with Gasteiger partial charge in [0.1, 0.15) is 5.82 Å². The normalized spacial score (nSPS) is 10.9. The van der Waals surface area contributed by atoms with Crippen LogP contribution in [0.15, 0.2) is 30.3 Å². The van der Waals surface area contributed by atoms with Crippen LogP contribution in [0.2, 0.25) is 0 Å². The standard InChI is InChI=1S/C15H19FN2/c1-11-8-14(12(2)18(11)3)10-17-9-13-6-4-5-7-15(13)16/h4-8,17H,9-10H2,1-3H3. The minimum Gasteiger partial charge on any atom is -0.352 e. The summed E-state index contributed by atoms with van der Waals surface area (Å²) >= 11 is 0. The highest BCUT2D eigenvalue weighted by molar-refractivity contribution is 5.26. The molecule has 1 aromatic carbocycles. The van der Waals surface area contributed by atoms with Gasteiger partial charge in [0, 0.05) is 37.1 Å². The van der Waals surface area contributed by atoms with Crippen molar-refractivity contribution in [1.82, 2.24) is 9.88 Å². The number of nitrogens with zero attached hydrogens (tertiary/aromatic N) is 1. The van der Waals surface area contributed by atoms with E-state index in [2.05, 4.69) is 36.8 Å². The quantitative estimate of drug-likeness (QED) is 0.877. The second-order valence-electron chi connectivity index (χ2n) is 4.65. The predicted molar refractivity (Wildman–Crippen MR) is 71.8 cm³/mol. The lowest BCUT2D eigenvalue weighted by atomic mass is 10.2. The van der Waals surface area contributed by atoms with Gasteiger partial charge >= 0.3 is 0 Å². The van der Waals surface area contributed by atoms with Crippen molar-refractivity contribution in [3.05, 3.63) is 58.7 Å². The number of hydrogen-bond donors (Lipinski definition) is 1. The fourth-order valence-corrected chi connectivity index (χ4v) is 2.09. The van der Waals surface area contributed by atoms with E-state index in [9.17, 15) is 4.39 Å². The van der Waals surface area contributed by atoms with Gasteiger partial charge in [-0.3, -0.25) is 0 Å². The molecule has 0 spiro atoms. The van der Waals surface area contributed by atoms with Crippen LogP contribution in [0.25, 0.3) is 0 Å². The van der Waals surface area contributed by atoms with E-state index in [4.69, 9.17) is 0 Å². The Morgan fingerprint density at radius 3 is 2.39 bits per heavy atom. The molecule has 2 aromatic rings. The third kappa shape index (κ3) is 2.62. The Hall–Kier alpha value is -1.61.